The van der Waals surface area contributed by atoms with E-state index in [1.807, 2.05) is 6.07 Å². The first kappa shape index (κ1) is 20.2. The fraction of sp³-hybridized carbons (Fsp3) is 0.0270. The monoisotopic (exact) mass is 537 g/mol. The third-order valence-electron chi connectivity index (χ3n) is 9.96. The van der Waals surface area contributed by atoms with Gasteiger partial charge in [-0.15, -0.1) is 4.57 Å². The van der Waals surface area contributed by atoms with Gasteiger partial charge in [-0.3, -0.25) is 0 Å². The molecule has 5 heteroatoms. The lowest BCUT2D eigenvalue weighted by Crippen LogP contribution is -2.72. The summed E-state index contributed by atoms with van der Waals surface area (Å²) < 4.78 is 20.6. The summed E-state index contributed by atoms with van der Waals surface area (Å²) in [5, 5.41) is 5.93. The van der Waals surface area contributed by atoms with Crippen molar-refractivity contribution in [2.75, 3.05) is 0 Å². The van der Waals surface area contributed by atoms with Crippen molar-refractivity contribution in [3.63, 3.8) is 0 Å². The summed E-state index contributed by atoms with van der Waals surface area (Å²) in [6.07, 6.45) is 2.24. The predicted octanol–water partition coefficient (Wildman–Crippen LogP) is 7.57. The van der Waals surface area contributed by atoms with E-state index in [4.69, 9.17) is 9.15 Å². The van der Waals surface area contributed by atoms with Crippen LogP contribution in [0.1, 0.15) is 11.1 Å². The summed E-state index contributed by atoms with van der Waals surface area (Å²) in [7, 11) is 0. The molecular formula is C37H19N3O2+2. The van der Waals surface area contributed by atoms with Gasteiger partial charge in [0.25, 0.3) is 0 Å². The SMILES string of the molecule is c1cc2c3c(c1)-c1cccc[n+]1C31c3c4ccccc4n4c5cc6oc7ccccc7c6cc5c5ccc([n+]1c5c34)O2. The van der Waals surface area contributed by atoms with Crippen LogP contribution in [-0.4, -0.2) is 4.40 Å². The topological polar surface area (TPSA) is 34.5 Å². The maximum atomic E-state index is 6.75. The number of nitrogens with zero attached hydrogens (tertiary/aromatic N) is 3. The highest BCUT2D eigenvalue weighted by Gasteiger charge is 2.71. The summed E-state index contributed by atoms with van der Waals surface area (Å²) in [6, 6.07) is 39.1. The van der Waals surface area contributed by atoms with Crippen molar-refractivity contribution in [2.24, 2.45) is 0 Å². The summed E-state index contributed by atoms with van der Waals surface area (Å²) in [6.45, 7) is 0. The van der Waals surface area contributed by atoms with Crippen molar-refractivity contribution in [2.45, 2.75) is 5.66 Å². The largest absolute Gasteiger partial charge is 0.456 e. The number of pyridine rings is 3. The fourth-order valence-corrected chi connectivity index (χ4v) is 8.56. The Labute approximate surface area is 237 Å². The highest BCUT2D eigenvalue weighted by molar-refractivity contribution is 6.20. The molecule has 0 N–H and O–H groups in total. The molecule has 0 aliphatic carbocycles. The van der Waals surface area contributed by atoms with Crippen molar-refractivity contribution >= 4 is 60.2 Å². The Balaban J connectivity index is 1.42. The number of hydrogen-bond donors (Lipinski definition) is 0. The van der Waals surface area contributed by atoms with E-state index >= 15 is 0 Å². The Morgan fingerprint density at radius 3 is 2.48 bits per heavy atom. The zero-order valence-electron chi connectivity index (χ0n) is 22.1. The number of fused-ring (bicyclic) bond motifs is 11. The lowest BCUT2D eigenvalue weighted by Gasteiger charge is -2.24. The molecule has 3 aliphatic rings. The van der Waals surface area contributed by atoms with Gasteiger partial charge in [-0.2, -0.15) is 0 Å². The van der Waals surface area contributed by atoms with Crippen LogP contribution in [0.4, 0.5) is 0 Å². The first-order chi connectivity index (χ1) is 20.8. The summed E-state index contributed by atoms with van der Waals surface area (Å²) >= 11 is 0. The van der Waals surface area contributed by atoms with Gasteiger partial charge in [-0.05, 0) is 42.5 Å². The van der Waals surface area contributed by atoms with Gasteiger partial charge in [-0.1, -0.05) is 47.0 Å². The molecular weight excluding hydrogens is 518 g/mol. The van der Waals surface area contributed by atoms with Crippen LogP contribution >= 0.6 is 0 Å². The van der Waals surface area contributed by atoms with Gasteiger partial charge in [-0.25, -0.2) is 0 Å². The minimum absolute atomic E-state index is 0.602. The Hall–Kier alpha value is -5.68. The first-order valence-electron chi connectivity index (χ1n) is 14.4. The lowest BCUT2D eigenvalue weighted by molar-refractivity contribution is -0.952. The Bertz CT molecular complexity index is 2790. The predicted molar refractivity (Wildman–Crippen MR) is 161 cm³/mol. The van der Waals surface area contributed by atoms with E-state index in [1.165, 1.54) is 55.1 Å². The van der Waals surface area contributed by atoms with E-state index in [0.29, 0.717) is 0 Å². The second-order valence-corrected chi connectivity index (χ2v) is 11.7. The van der Waals surface area contributed by atoms with E-state index in [-0.39, 0.29) is 0 Å². The summed E-state index contributed by atoms with van der Waals surface area (Å²) in [5.74, 6) is 1.77. The molecule has 0 radical (unpaired) electrons. The van der Waals surface area contributed by atoms with Crippen molar-refractivity contribution in [3.05, 3.63) is 127 Å². The number of para-hydroxylation sites is 2. The summed E-state index contributed by atoms with van der Waals surface area (Å²) in [5.41, 5.74) is 10.9. The number of benzene rings is 4. The Morgan fingerprint density at radius 2 is 1.50 bits per heavy atom. The number of rotatable bonds is 0. The van der Waals surface area contributed by atoms with Gasteiger partial charge < -0.3 is 13.6 Å². The molecule has 1 atom stereocenters. The van der Waals surface area contributed by atoms with Crippen LogP contribution in [0.15, 0.2) is 120 Å². The molecule has 4 aromatic carbocycles. The molecule has 12 rings (SSSR count). The van der Waals surface area contributed by atoms with Crippen molar-refractivity contribution in [1.29, 1.82) is 0 Å². The molecule has 0 saturated carbocycles. The zero-order chi connectivity index (χ0) is 26.9. The van der Waals surface area contributed by atoms with Gasteiger partial charge in [0.1, 0.15) is 22.2 Å². The third-order valence-corrected chi connectivity index (χ3v) is 9.96. The van der Waals surface area contributed by atoms with Crippen LogP contribution in [-0.2, 0) is 5.66 Å². The molecule has 42 heavy (non-hydrogen) atoms. The molecule has 192 valence electrons. The highest BCUT2D eigenvalue weighted by Crippen LogP contribution is 2.56. The van der Waals surface area contributed by atoms with E-state index in [1.54, 1.807) is 0 Å². The van der Waals surface area contributed by atoms with Crippen LogP contribution in [0.25, 0.3) is 71.4 Å². The van der Waals surface area contributed by atoms with Gasteiger partial charge in [0.05, 0.1) is 28.0 Å². The standard InChI is InChI=1S/C37H19N3O2/c1-3-12-27-23(9-1)34-36-35-21(24-18-25-20-8-2-4-13-29(20)41-31(25)19-28(24)39(27)36)15-16-32-40(35)37(34)33-22(10-7-14-30(33)42-32)26-11-5-6-17-38(26)37/h1-19H/q+2. The Kier molecular flexibility index (Phi) is 3.03. The zero-order valence-corrected chi connectivity index (χ0v) is 22.1. The molecule has 0 bridgehead atoms. The molecule has 9 aromatic rings. The van der Waals surface area contributed by atoms with Gasteiger partial charge >= 0.3 is 11.5 Å². The quantitative estimate of drug-likeness (QED) is 0.148. The maximum absolute atomic E-state index is 6.75. The molecule has 0 amide bonds. The highest BCUT2D eigenvalue weighted by atomic mass is 16.5. The van der Waals surface area contributed by atoms with Crippen molar-refractivity contribution in [3.8, 4) is 22.9 Å². The first-order valence-corrected chi connectivity index (χ1v) is 14.4. The lowest BCUT2D eigenvalue weighted by atomic mass is 9.89. The fourth-order valence-electron chi connectivity index (χ4n) is 8.56. The van der Waals surface area contributed by atoms with Crippen LogP contribution < -0.4 is 13.9 Å². The molecule has 0 saturated heterocycles. The Morgan fingerprint density at radius 1 is 0.619 bits per heavy atom. The minimum atomic E-state index is -0.602. The van der Waals surface area contributed by atoms with Crippen LogP contribution in [0, 0.1) is 0 Å². The van der Waals surface area contributed by atoms with Gasteiger partial charge in [0.15, 0.2) is 17.5 Å². The van der Waals surface area contributed by atoms with Crippen molar-refractivity contribution in [1.82, 2.24) is 4.40 Å². The molecule has 5 nitrogen and oxygen atoms in total. The average Bonchev–Trinajstić information content (AvgIpc) is 3.75. The number of hydrogen-bond acceptors (Lipinski definition) is 2. The normalized spacial score (nSPS) is 17.3. The second-order valence-electron chi connectivity index (χ2n) is 11.7. The van der Waals surface area contributed by atoms with E-state index in [2.05, 4.69) is 123 Å². The number of furan rings is 1. The van der Waals surface area contributed by atoms with Crippen LogP contribution in [0.5, 0.6) is 11.6 Å². The van der Waals surface area contributed by atoms with E-state index in [0.717, 1.165) is 39.1 Å². The van der Waals surface area contributed by atoms with Crippen molar-refractivity contribution < 1.29 is 18.3 Å². The molecule has 3 aliphatic heterocycles. The maximum Gasteiger partial charge on any atom is 0.426 e. The average molecular weight is 538 g/mol. The summed E-state index contributed by atoms with van der Waals surface area (Å²) in [4.78, 5) is 0. The molecule has 1 spiro atoms. The van der Waals surface area contributed by atoms with Gasteiger partial charge in [0, 0.05) is 39.7 Å². The van der Waals surface area contributed by atoms with Crippen LogP contribution in [0.3, 0.4) is 0 Å². The number of aromatic nitrogens is 3. The molecule has 0 fully saturated rings. The minimum Gasteiger partial charge on any atom is -0.456 e. The molecule has 5 aromatic heterocycles. The van der Waals surface area contributed by atoms with Gasteiger partial charge in [0.2, 0.25) is 11.2 Å². The number of ether oxygens (including phenoxy) is 1. The van der Waals surface area contributed by atoms with Crippen LogP contribution in [0.2, 0.25) is 0 Å². The van der Waals surface area contributed by atoms with E-state index in [9.17, 15) is 0 Å². The smallest absolute Gasteiger partial charge is 0.426 e. The third kappa shape index (κ3) is 1.88. The molecule has 8 heterocycles. The molecule has 1 unspecified atom stereocenters. The van der Waals surface area contributed by atoms with E-state index < -0.39 is 5.66 Å². The second kappa shape index (κ2) is 6.29.